The topological polar surface area (TPSA) is 54.0 Å². The number of urea groups is 1. The molecule has 0 aromatic carbocycles. The molecule has 1 rings (SSSR count). The molecule has 0 aliphatic rings. The van der Waals surface area contributed by atoms with Gasteiger partial charge in [0.25, 0.3) is 0 Å². The normalized spacial score (nSPS) is 11.9. The number of amides is 2. The number of aromatic nitrogens is 1. The number of carbonyl (C=O) groups excluding carboxylic acids is 1. The van der Waals surface area contributed by atoms with Gasteiger partial charge in [0, 0.05) is 12.2 Å². The van der Waals surface area contributed by atoms with E-state index in [0.29, 0.717) is 6.54 Å². The Balaban J connectivity index is 2.29. The molecule has 0 aliphatic heterocycles. The van der Waals surface area contributed by atoms with Gasteiger partial charge in [-0.2, -0.15) is 0 Å². The molecule has 4 nitrogen and oxygen atoms in total. The van der Waals surface area contributed by atoms with Gasteiger partial charge in [0.15, 0.2) is 0 Å². The molecule has 1 atom stereocenters. The monoisotopic (exact) mass is 207 g/mol. The predicted molar refractivity (Wildman–Crippen MR) is 59.4 cm³/mol. The van der Waals surface area contributed by atoms with E-state index < -0.39 is 0 Å². The van der Waals surface area contributed by atoms with Crippen LogP contribution in [-0.2, 0) is 6.54 Å². The number of hydrogen-bond acceptors (Lipinski definition) is 2. The Morgan fingerprint density at radius 3 is 2.93 bits per heavy atom. The summed E-state index contributed by atoms with van der Waals surface area (Å²) in [5.41, 5.74) is 0.858. The third-order valence-electron chi connectivity index (χ3n) is 2.15. The Bertz CT molecular complexity index is 300. The molecular formula is C11H17N3O. The SMILES string of the molecule is CCC(C)NC(=O)NCc1ccccn1. The molecule has 0 saturated heterocycles. The highest BCUT2D eigenvalue weighted by Crippen LogP contribution is 1.92. The first-order chi connectivity index (χ1) is 7.22. The van der Waals surface area contributed by atoms with Crippen LogP contribution in [0.4, 0.5) is 4.79 Å². The lowest BCUT2D eigenvalue weighted by Gasteiger charge is -2.12. The summed E-state index contributed by atoms with van der Waals surface area (Å²) in [6.07, 6.45) is 2.64. The van der Waals surface area contributed by atoms with Crippen LogP contribution in [0, 0.1) is 0 Å². The first kappa shape index (κ1) is 11.5. The molecule has 1 aromatic rings. The van der Waals surface area contributed by atoms with Gasteiger partial charge < -0.3 is 10.6 Å². The average Bonchev–Trinajstić information content (AvgIpc) is 2.27. The van der Waals surface area contributed by atoms with Gasteiger partial charge in [0.2, 0.25) is 0 Å². The maximum absolute atomic E-state index is 11.3. The second-order valence-corrected chi connectivity index (χ2v) is 3.46. The van der Waals surface area contributed by atoms with Crippen molar-refractivity contribution < 1.29 is 4.79 Å². The van der Waals surface area contributed by atoms with Crippen LogP contribution in [0.25, 0.3) is 0 Å². The van der Waals surface area contributed by atoms with Crippen molar-refractivity contribution in [1.29, 1.82) is 0 Å². The molecule has 0 bridgehead atoms. The molecule has 0 aliphatic carbocycles. The number of carbonyl (C=O) groups is 1. The number of pyridine rings is 1. The van der Waals surface area contributed by atoms with E-state index in [1.165, 1.54) is 0 Å². The van der Waals surface area contributed by atoms with Crippen LogP contribution in [-0.4, -0.2) is 17.1 Å². The second kappa shape index (κ2) is 6.01. The fourth-order valence-corrected chi connectivity index (χ4v) is 1.05. The lowest BCUT2D eigenvalue weighted by atomic mass is 10.3. The maximum Gasteiger partial charge on any atom is 0.315 e. The number of hydrogen-bond donors (Lipinski definition) is 2. The van der Waals surface area contributed by atoms with Gasteiger partial charge in [0.1, 0.15) is 0 Å². The van der Waals surface area contributed by atoms with Crippen LogP contribution in [0.5, 0.6) is 0 Å². The Kier molecular flexibility index (Phi) is 4.60. The van der Waals surface area contributed by atoms with Crippen molar-refractivity contribution in [3.05, 3.63) is 30.1 Å². The van der Waals surface area contributed by atoms with E-state index in [2.05, 4.69) is 15.6 Å². The number of nitrogens with one attached hydrogen (secondary N) is 2. The van der Waals surface area contributed by atoms with Crippen molar-refractivity contribution >= 4 is 6.03 Å². The molecule has 15 heavy (non-hydrogen) atoms. The van der Waals surface area contributed by atoms with Gasteiger partial charge in [-0.3, -0.25) is 4.98 Å². The Hall–Kier alpha value is -1.58. The van der Waals surface area contributed by atoms with E-state index in [0.717, 1.165) is 12.1 Å². The lowest BCUT2D eigenvalue weighted by Crippen LogP contribution is -2.40. The van der Waals surface area contributed by atoms with E-state index in [9.17, 15) is 4.79 Å². The predicted octanol–water partition coefficient (Wildman–Crippen LogP) is 1.68. The molecule has 2 N–H and O–H groups in total. The molecule has 1 heterocycles. The van der Waals surface area contributed by atoms with E-state index in [1.807, 2.05) is 32.0 Å². The zero-order chi connectivity index (χ0) is 11.1. The fraction of sp³-hybridized carbons (Fsp3) is 0.455. The molecule has 0 fully saturated rings. The lowest BCUT2D eigenvalue weighted by molar-refractivity contribution is 0.237. The first-order valence-electron chi connectivity index (χ1n) is 5.16. The van der Waals surface area contributed by atoms with Crippen LogP contribution in [0.15, 0.2) is 24.4 Å². The van der Waals surface area contributed by atoms with Crippen molar-refractivity contribution in [3.63, 3.8) is 0 Å². The highest BCUT2D eigenvalue weighted by Gasteiger charge is 2.04. The van der Waals surface area contributed by atoms with Gasteiger partial charge in [-0.15, -0.1) is 0 Å². The average molecular weight is 207 g/mol. The van der Waals surface area contributed by atoms with Gasteiger partial charge in [0.05, 0.1) is 12.2 Å². The Morgan fingerprint density at radius 1 is 1.53 bits per heavy atom. The fourth-order valence-electron chi connectivity index (χ4n) is 1.05. The summed E-state index contributed by atoms with van der Waals surface area (Å²) in [7, 11) is 0. The van der Waals surface area contributed by atoms with Crippen molar-refractivity contribution in [3.8, 4) is 0 Å². The molecule has 1 aromatic heterocycles. The maximum atomic E-state index is 11.3. The Morgan fingerprint density at radius 2 is 2.33 bits per heavy atom. The van der Waals surface area contributed by atoms with Crippen molar-refractivity contribution in [2.45, 2.75) is 32.9 Å². The zero-order valence-electron chi connectivity index (χ0n) is 9.16. The van der Waals surface area contributed by atoms with Crippen LogP contribution in [0.1, 0.15) is 26.0 Å². The number of rotatable bonds is 4. The van der Waals surface area contributed by atoms with Crippen molar-refractivity contribution in [2.24, 2.45) is 0 Å². The molecule has 0 radical (unpaired) electrons. The molecule has 82 valence electrons. The van der Waals surface area contributed by atoms with E-state index in [1.54, 1.807) is 6.20 Å². The zero-order valence-corrected chi connectivity index (χ0v) is 9.16. The second-order valence-electron chi connectivity index (χ2n) is 3.46. The third kappa shape index (κ3) is 4.44. The molecular weight excluding hydrogens is 190 g/mol. The van der Waals surface area contributed by atoms with Crippen LogP contribution < -0.4 is 10.6 Å². The largest absolute Gasteiger partial charge is 0.336 e. The molecule has 4 heteroatoms. The first-order valence-corrected chi connectivity index (χ1v) is 5.16. The smallest absolute Gasteiger partial charge is 0.315 e. The van der Waals surface area contributed by atoms with E-state index in [-0.39, 0.29) is 12.1 Å². The van der Waals surface area contributed by atoms with Gasteiger partial charge >= 0.3 is 6.03 Å². The number of nitrogens with zero attached hydrogens (tertiary/aromatic N) is 1. The summed E-state index contributed by atoms with van der Waals surface area (Å²) in [5, 5.41) is 5.57. The highest BCUT2D eigenvalue weighted by atomic mass is 16.2. The minimum atomic E-state index is -0.144. The van der Waals surface area contributed by atoms with E-state index >= 15 is 0 Å². The standard InChI is InChI=1S/C11H17N3O/c1-3-9(2)14-11(15)13-8-10-6-4-5-7-12-10/h4-7,9H,3,8H2,1-2H3,(H2,13,14,15). The van der Waals surface area contributed by atoms with E-state index in [4.69, 9.17) is 0 Å². The quantitative estimate of drug-likeness (QED) is 0.789. The minimum Gasteiger partial charge on any atom is -0.336 e. The van der Waals surface area contributed by atoms with Crippen LogP contribution in [0.3, 0.4) is 0 Å². The summed E-state index contributed by atoms with van der Waals surface area (Å²) in [6.45, 7) is 4.47. The molecule has 0 spiro atoms. The third-order valence-corrected chi connectivity index (χ3v) is 2.15. The molecule has 1 unspecified atom stereocenters. The van der Waals surface area contributed by atoms with Gasteiger partial charge in [-0.1, -0.05) is 13.0 Å². The molecule has 2 amide bonds. The summed E-state index contributed by atoms with van der Waals surface area (Å²) in [4.78, 5) is 15.4. The summed E-state index contributed by atoms with van der Waals surface area (Å²) in [6, 6.07) is 5.69. The van der Waals surface area contributed by atoms with Crippen LogP contribution >= 0.6 is 0 Å². The van der Waals surface area contributed by atoms with Crippen molar-refractivity contribution in [1.82, 2.24) is 15.6 Å². The highest BCUT2D eigenvalue weighted by molar-refractivity contribution is 5.74. The summed E-state index contributed by atoms with van der Waals surface area (Å²) in [5.74, 6) is 0. The van der Waals surface area contributed by atoms with Crippen molar-refractivity contribution in [2.75, 3.05) is 0 Å². The summed E-state index contributed by atoms with van der Waals surface area (Å²) < 4.78 is 0. The minimum absolute atomic E-state index is 0.144. The van der Waals surface area contributed by atoms with Gasteiger partial charge in [-0.25, -0.2) is 4.79 Å². The van der Waals surface area contributed by atoms with Crippen LogP contribution in [0.2, 0.25) is 0 Å². The van der Waals surface area contributed by atoms with Gasteiger partial charge in [-0.05, 0) is 25.5 Å². The summed E-state index contributed by atoms with van der Waals surface area (Å²) >= 11 is 0. The molecule has 0 saturated carbocycles. The Labute approximate surface area is 90.1 Å².